The molecule has 340 valence electrons. The molecule has 0 unspecified atom stereocenters. The summed E-state index contributed by atoms with van der Waals surface area (Å²) < 4.78 is 83.4. The zero-order valence-electron chi connectivity index (χ0n) is 35.7. The highest BCUT2D eigenvalue weighted by Gasteiger charge is 2.40. The van der Waals surface area contributed by atoms with Crippen molar-refractivity contribution in [2.24, 2.45) is 0 Å². The quantitative estimate of drug-likeness (QED) is 0.0667. The van der Waals surface area contributed by atoms with Gasteiger partial charge in [-0.1, -0.05) is 0 Å². The lowest BCUT2D eigenvalue weighted by atomic mass is 10.5. The highest BCUT2D eigenvalue weighted by atomic mass is 28.4. The van der Waals surface area contributed by atoms with Crippen molar-refractivity contribution < 1.29 is 78.8 Å². The molecule has 0 spiro atoms. The Morgan fingerprint density at radius 3 is 0.772 bits per heavy atom. The van der Waals surface area contributed by atoms with Crippen molar-refractivity contribution >= 4 is 29.8 Å². The minimum absolute atomic E-state index is 0.145. The van der Waals surface area contributed by atoms with E-state index in [0.29, 0.717) is 157 Å². The molecular weight excluding hydrogens is 789 g/mol. The Morgan fingerprint density at radius 1 is 0.351 bits per heavy atom. The van der Waals surface area contributed by atoms with Gasteiger partial charge in [-0.05, 0) is 54.4 Å². The lowest BCUT2D eigenvalue weighted by Gasteiger charge is -2.28. The summed E-state index contributed by atoms with van der Waals surface area (Å²) in [7, 11) is -5.42. The minimum atomic E-state index is -2.71. The van der Waals surface area contributed by atoms with Crippen LogP contribution in [-0.2, 0) is 69.2 Å². The molecule has 0 aliphatic heterocycles. The third kappa shape index (κ3) is 33.9. The first kappa shape index (κ1) is 55.5. The Balaban J connectivity index is 3.44. The van der Waals surface area contributed by atoms with Gasteiger partial charge in [0.1, 0.15) is 13.2 Å². The Morgan fingerprint density at radius 2 is 0.561 bits per heavy atom. The van der Waals surface area contributed by atoms with Gasteiger partial charge in [-0.25, -0.2) is 9.59 Å². The number of rotatable bonds is 44. The van der Waals surface area contributed by atoms with Crippen LogP contribution < -0.4 is 10.6 Å². The Labute approximate surface area is 343 Å². The maximum Gasteiger partial charge on any atom is 0.500 e. The zero-order valence-corrected chi connectivity index (χ0v) is 37.7. The van der Waals surface area contributed by atoms with Crippen LogP contribution in [0.5, 0.6) is 0 Å². The first-order chi connectivity index (χ1) is 27.9. The number of carbonyl (C=O) groups excluding carboxylic acids is 2. The maximum atomic E-state index is 11.9. The van der Waals surface area contributed by atoms with Crippen molar-refractivity contribution in [2.75, 3.05) is 158 Å². The van der Waals surface area contributed by atoms with Gasteiger partial charge >= 0.3 is 29.8 Å². The fourth-order valence-corrected chi connectivity index (χ4v) is 10.1. The predicted octanol–water partition coefficient (Wildman–Crippen LogP) is 3.43. The van der Waals surface area contributed by atoms with E-state index in [2.05, 4.69) is 10.6 Å². The van der Waals surface area contributed by atoms with Crippen molar-refractivity contribution in [2.45, 2.75) is 66.5 Å². The fourth-order valence-electron chi connectivity index (χ4n) is 4.90. The van der Waals surface area contributed by atoms with Crippen LogP contribution in [0, 0.1) is 0 Å². The van der Waals surface area contributed by atoms with Gasteiger partial charge in [0.05, 0.1) is 92.5 Å². The third-order valence-corrected chi connectivity index (χ3v) is 13.5. The van der Waals surface area contributed by atoms with Gasteiger partial charge in [0, 0.05) is 64.8 Å². The van der Waals surface area contributed by atoms with E-state index in [4.69, 9.17) is 69.2 Å². The van der Waals surface area contributed by atoms with Crippen molar-refractivity contribution in [3.05, 3.63) is 0 Å². The first-order valence-electron chi connectivity index (χ1n) is 20.5. The summed E-state index contributed by atoms with van der Waals surface area (Å²) >= 11 is 0. The highest BCUT2D eigenvalue weighted by Crippen LogP contribution is 2.19. The second kappa shape index (κ2) is 41.2. The lowest BCUT2D eigenvalue weighted by Crippen LogP contribution is -2.46. The molecule has 0 saturated carbocycles. The maximum absolute atomic E-state index is 11.9. The van der Waals surface area contributed by atoms with E-state index in [1.54, 1.807) is 0 Å². The van der Waals surface area contributed by atoms with Crippen LogP contribution >= 0.6 is 0 Å². The van der Waals surface area contributed by atoms with Crippen LogP contribution in [0.1, 0.15) is 54.4 Å². The fraction of sp³-hybridized carbons (Fsp3) is 0.944. The molecular formula is C36H76N2O17Si2. The molecule has 0 aliphatic carbocycles. The van der Waals surface area contributed by atoms with Gasteiger partial charge in [-0.2, -0.15) is 0 Å². The minimum Gasteiger partial charge on any atom is -0.447 e. The van der Waals surface area contributed by atoms with Crippen molar-refractivity contribution in [1.82, 2.24) is 10.6 Å². The molecule has 0 saturated heterocycles. The van der Waals surface area contributed by atoms with Gasteiger partial charge in [0.15, 0.2) is 0 Å². The molecule has 0 radical (unpaired) electrons. The summed E-state index contributed by atoms with van der Waals surface area (Å²) in [6.45, 7) is 21.4. The normalized spacial score (nSPS) is 11.9. The van der Waals surface area contributed by atoms with E-state index in [0.717, 1.165) is 0 Å². The number of nitrogens with one attached hydrogen (secondary N) is 2. The van der Waals surface area contributed by atoms with Crippen LogP contribution in [0.4, 0.5) is 9.59 Å². The Hall–Kier alpha value is -1.55. The van der Waals surface area contributed by atoms with Crippen LogP contribution in [0.3, 0.4) is 0 Å². The van der Waals surface area contributed by atoms with Crippen molar-refractivity contribution in [3.63, 3.8) is 0 Å². The van der Waals surface area contributed by atoms with Gasteiger partial charge in [0.2, 0.25) is 0 Å². The monoisotopic (exact) mass is 864 g/mol. The molecule has 0 heterocycles. The largest absolute Gasteiger partial charge is 0.500 e. The van der Waals surface area contributed by atoms with Crippen LogP contribution in [0.25, 0.3) is 0 Å². The van der Waals surface area contributed by atoms with Gasteiger partial charge in [-0.15, -0.1) is 0 Å². The van der Waals surface area contributed by atoms with E-state index in [1.807, 2.05) is 41.5 Å². The summed E-state index contributed by atoms with van der Waals surface area (Å²) in [5.74, 6) is 0. The van der Waals surface area contributed by atoms with Gasteiger partial charge in [0.25, 0.3) is 0 Å². The molecule has 0 aliphatic rings. The van der Waals surface area contributed by atoms with Gasteiger partial charge in [-0.3, -0.25) is 0 Å². The molecule has 0 rings (SSSR count). The lowest BCUT2D eigenvalue weighted by molar-refractivity contribution is -0.0227. The number of alkyl carbamates (subject to hydrolysis) is 2. The topological polar surface area (TPSA) is 197 Å². The van der Waals surface area contributed by atoms with Gasteiger partial charge < -0.3 is 79.8 Å². The molecule has 57 heavy (non-hydrogen) atoms. The molecule has 0 bridgehead atoms. The molecule has 2 amide bonds. The number of ether oxygens (including phenoxy) is 9. The number of carbonyl (C=O) groups is 2. The number of hydrogen-bond acceptors (Lipinski definition) is 17. The number of amides is 2. The highest BCUT2D eigenvalue weighted by molar-refractivity contribution is 6.61. The van der Waals surface area contributed by atoms with E-state index in [9.17, 15) is 9.59 Å². The SMILES string of the molecule is CCO[Si](CCCNC(=O)OCCOCCOCCOCCOCCOCCOCCOCCOC(=O)NCCC[Si](OCC)(OCC)OCC)(OCC)OCC. The molecule has 0 fully saturated rings. The van der Waals surface area contributed by atoms with Crippen LogP contribution in [0.15, 0.2) is 0 Å². The summed E-state index contributed by atoms with van der Waals surface area (Å²) in [4.78, 5) is 23.8. The zero-order chi connectivity index (χ0) is 42.0. The Kier molecular flexibility index (Phi) is 40.1. The van der Waals surface area contributed by atoms with Crippen LogP contribution in [0.2, 0.25) is 12.1 Å². The molecule has 21 heteroatoms. The second-order valence-electron chi connectivity index (χ2n) is 11.6. The van der Waals surface area contributed by atoms with Crippen molar-refractivity contribution in [3.8, 4) is 0 Å². The third-order valence-electron chi connectivity index (χ3n) is 7.20. The predicted molar refractivity (Wildman–Crippen MR) is 215 cm³/mol. The summed E-state index contributed by atoms with van der Waals surface area (Å²) in [6.07, 6.45) is 0.328. The smallest absolute Gasteiger partial charge is 0.447 e. The second-order valence-corrected chi connectivity index (χ2v) is 17.0. The molecule has 0 aromatic heterocycles. The van der Waals surface area contributed by atoms with Crippen molar-refractivity contribution in [1.29, 1.82) is 0 Å². The average molecular weight is 865 g/mol. The van der Waals surface area contributed by atoms with E-state index >= 15 is 0 Å². The molecule has 0 aromatic carbocycles. The molecule has 0 atom stereocenters. The average Bonchev–Trinajstić information content (AvgIpc) is 3.19. The summed E-state index contributed by atoms with van der Waals surface area (Å²) in [5.41, 5.74) is 0. The Bertz CT molecular complexity index is 802. The standard InChI is InChI=1S/C36H76N2O17Si2/c1-7-50-56(51-8-2,52-9-3)33-13-15-37-35(39)48-31-29-46-27-25-44-23-21-42-19-17-41-18-20-43-22-24-45-26-28-47-30-32-49-36(40)38-16-14-34-57(53-10-4,54-11-5)55-12-6/h7-34H2,1-6H3,(H,37,39)(H,38,40). The van der Waals surface area contributed by atoms with E-state index < -0.39 is 29.8 Å². The summed E-state index contributed by atoms with van der Waals surface area (Å²) in [6, 6.07) is 1.24. The molecule has 0 aromatic rings. The summed E-state index contributed by atoms with van der Waals surface area (Å²) in [5, 5.41) is 5.45. The molecule has 2 N–H and O–H groups in total. The molecule has 19 nitrogen and oxygen atoms in total. The van der Waals surface area contributed by atoms with E-state index in [-0.39, 0.29) is 26.4 Å². The number of hydrogen-bond donors (Lipinski definition) is 2. The first-order valence-corrected chi connectivity index (χ1v) is 24.4. The van der Waals surface area contributed by atoms with Crippen LogP contribution in [-0.4, -0.2) is 188 Å². The van der Waals surface area contributed by atoms with E-state index in [1.165, 1.54) is 0 Å².